The van der Waals surface area contributed by atoms with E-state index >= 15 is 0 Å². The number of nitrogens with zero attached hydrogens (tertiary/aromatic N) is 3. The molecule has 0 bridgehead atoms. The van der Waals surface area contributed by atoms with Gasteiger partial charge in [0.15, 0.2) is 0 Å². The van der Waals surface area contributed by atoms with Gasteiger partial charge >= 0.3 is 5.97 Å². The monoisotopic (exact) mass is 299 g/mol. The lowest BCUT2D eigenvalue weighted by atomic mass is 9.97. The topological polar surface area (TPSA) is 64.4 Å². The van der Waals surface area contributed by atoms with Gasteiger partial charge in [-0.25, -0.2) is 4.98 Å². The van der Waals surface area contributed by atoms with Gasteiger partial charge in [-0.3, -0.25) is 9.59 Å². The highest BCUT2D eigenvalue weighted by Gasteiger charge is 2.28. The van der Waals surface area contributed by atoms with Crippen LogP contribution in [0.4, 0.5) is 0 Å². The van der Waals surface area contributed by atoms with Crippen LogP contribution in [0.1, 0.15) is 19.8 Å². The predicted molar refractivity (Wildman–Crippen MR) is 73.2 cm³/mol. The van der Waals surface area contributed by atoms with Crippen molar-refractivity contribution in [3.63, 3.8) is 0 Å². The first-order chi connectivity index (χ1) is 9.61. The first kappa shape index (κ1) is 14.8. The lowest BCUT2D eigenvalue weighted by molar-refractivity contribution is -0.151. The van der Waals surface area contributed by atoms with Crippen molar-refractivity contribution in [2.24, 2.45) is 5.92 Å². The molecule has 1 aliphatic rings. The van der Waals surface area contributed by atoms with E-state index in [4.69, 9.17) is 16.3 Å². The van der Waals surface area contributed by atoms with Crippen LogP contribution >= 0.6 is 11.6 Å². The molecular weight excluding hydrogens is 282 g/mol. The van der Waals surface area contributed by atoms with E-state index in [1.165, 1.54) is 0 Å². The minimum absolute atomic E-state index is 0.00721. The molecule has 7 heteroatoms. The van der Waals surface area contributed by atoms with Gasteiger partial charge in [0, 0.05) is 25.5 Å². The summed E-state index contributed by atoms with van der Waals surface area (Å²) in [6, 6.07) is 0. The summed E-state index contributed by atoms with van der Waals surface area (Å²) >= 11 is 5.84. The lowest BCUT2D eigenvalue weighted by Gasteiger charge is -2.31. The van der Waals surface area contributed by atoms with Gasteiger partial charge < -0.3 is 14.2 Å². The molecule has 0 radical (unpaired) electrons. The smallest absolute Gasteiger partial charge is 0.309 e. The SMILES string of the molecule is CCOC(=O)C1CCN(C(=O)Cn2ccnc2Cl)CC1. The van der Waals surface area contributed by atoms with Crippen molar-refractivity contribution in [3.05, 3.63) is 17.7 Å². The normalized spacial score (nSPS) is 16.2. The zero-order valence-corrected chi connectivity index (χ0v) is 12.2. The fourth-order valence-electron chi connectivity index (χ4n) is 2.30. The molecule has 0 unspecified atom stereocenters. The van der Waals surface area contributed by atoms with E-state index in [0.29, 0.717) is 37.8 Å². The quantitative estimate of drug-likeness (QED) is 0.787. The van der Waals surface area contributed by atoms with Gasteiger partial charge in [0.05, 0.1) is 12.5 Å². The van der Waals surface area contributed by atoms with Crippen LogP contribution in [-0.4, -0.2) is 46.0 Å². The molecule has 1 aliphatic heterocycles. The number of imidazole rings is 1. The molecule has 1 saturated heterocycles. The van der Waals surface area contributed by atoms with E-state index < -0.39 is 0 Å². The number of rotatable bonds is 4. The second-order valence-electron chi connectivity index (χ2n) is 4.73. The molecule has 0 spiro atoms. The molecular formula is C13H18ClN3O3. The van der Waals surface area contributed by atoms with Gasteiger partial charge in [-0.2, -0.15) is 0 Å². The number of hydrogen-bond acceptors (Lipinski definition) is 4. The van der Waals surface area contributed by atoms with Gasteiger partial charge in [-0.05, 0) is 31.4 Å². The average molecular weight is 300 g/mol. The number of piperidine rings is 1. The molecule has 0 aromatic carbocycles. The van der Waals surface area contributed by atoms with Crippen molar-refractivity contribution in [2.75, 3.05) is 19.7 Å². The summed E-state index contributed by atoms with van der Waals surface area (Å²) in [4.78, 5) is 29.4. The Morgan fingerprint density at radius 2 is 2.15 bits per heavy atom. The summed E-state index contributed by atoms with van der Waals surface area (Å²) in [6.45, 7) is 3.54. The van der Waals surface area contributed by atoms with E-state index in [1.54, 1.807) is 28.8 Å². The van der Waals surface area contributed by atoms with Gasteiger partial charge in [0.1, 0.15) is 6.54 Å². The van der Waals surface area contributed by atoms with Gasteiger partial charge in [0.2, 0.25) is 11.2 Å². The molecule has 2 rings (SSSR count). The molecule has 1 amide bonds. The summed E-state index contributed by atoms with van der Waals surface area (Å²) in [7, 11) is 0. The number of carbonyl (C=O) groups excluding carboxylic acids is 2. The number of halogens is 1. The summed E-state index contributed by atoms with van der Waals surface area (Å²) in [6.07, 6.45) is 4.54. The molecule has 0 atom stereocenters. The Kier molecular flexibility index (Phi) is 5.00. The van der Waals surface area contributed by atoms with E-state index in [2.05, 4.69) is 4.98 Å². The standard InChI is InChI=1S/C13H18ClN3O3/c1-2-20-12(19)10-3-6-16(7-4-10)11(18)9-17-8-5-15-13(17)14/h5,8,10H,2-4,6-7,9H2,1H3. The van der Waals surface area contributed by atoms with Crippen LogP contribution < -0.4 is 0 Å². The van der Waals surface area contributed by atoms with Crippen LogP contribution in [0.2, 0.25) is 5.28 Å². The molecule has 0 N–H and O–H groups in total. The molecule has 2 heterocycles. The first-order valence-electron chi connectivity index (χ1n) is 6.73. The third-order valence-electron chi connectivity index (χ3n) is 3.44. The number of hydrogen-bond donors (Lipinski definition) is 0. The van der Waals surface area contributed by atoms with Crippen molar-refractivity contribution < 1.29 is 14.3 Å². The fraction of sp³-hybridized carbons (Fsp3) is 0.615. The summed E-state index contributed by atoms with van der Waals surface area (Å²) in [5.41, 5.74) is 0. The van der Waals surface area contributed by atoms with Crippen LogP contribution in [0.5, 0.6) is 0 Å². The zero-order chi connectivity index (χ0) is 14.5. The molecule has 0 saturated carbocycles. The van der Waals surface area contributed by atoms with E-state index in [-0.39, 0.29) is 24.3 Å². The largest absolute Gasteiger partial charge is 0.466 e. The Hall–Kier alpha value is -1.56. The zero-order valence-electron chi connectivity index (χ0n) is 11.4. The van der Waals surface area contributed by atoms with Crippen LogP contribution in [-0.2, 0) is 20.9 Å². The highest BCUT2D eigenvalue weighted by Crippen LogP contribution is 2.19. The molecule has 6 nitrogen and oxygen atoms in total. The highest BCUT2D eigenvalue weighted by molar-refractivity contribution is 6.28. The predicted octanol–water partition coefficient (Wildman–Crippen LogP) is 1.34. The Labute approximate surface area is 122 Å². The van der Waals surface area contributed by atoms with E-state index in [0.717, 1.165) is 0 Å². The van der Waals surface area contributed by atoms with Crippen molar-refractivity contribution in [2.45, 2.75) is 26.3 Å². The number of likely N-dealkylation sites (tertiary alicyclic amines) is 1. The minimum atomic E-state index is -0.155. The lowest BCUT2D eigenvalue weighted by Crippen LogP contribution is -2.42. The number of aromatic nitrogens is 2. The molecule has 1 aromatic heterocycles. The first-order valence-corrected chi connectivity index (χ1v) is 7.10. The minimum Gasteiger partial charge on any atom is -0.466 e. The Morgan fingerprint density at radius 3 is 2.70 bits per heavy atom. The second-order valence-corrected chi connectivity index (χ2v) is 5.07. The molecule has 0 aliphatic carbocycles. The fourth-order valence-corrected chi connectivity index (χ4v) is 2.47. The van der Waals surface area contributed by atoms with Crippen molar-refractivity contribution >= 4 is 23.5 Å². The Bertz CT molecular complexity index is 481. The molecule has 20 heavy (non-hydrogen) atoms. The number of amides is 1. The molecule has 1 aromatic rings. The molecule has 110 valence electrons. The van der Waals surface area contributed by atoms with Crippen molar-refractivity contribution in [1.29, 1.82) is 0 Å². The maximum atomic E-state index is 12.1. The average Bonchev–Trinajstić information content (AvgIpc) is 2.85. The number of ether oxygens (including phenoxy) is 1. The third kappa shape index (κ3) is 3.50. The number of esters is 1. The maximum Gasteiger partial charge on any atom is 0.309 e. The maximum absolute atomic E-state index is 12.1. The Balaban J connectivity index is 1.83. The van der Waals surface area contributed by atoms with Crippen LogP contribution in [0.25, 0.3) is 0 Å². The van der Waals surface area contributed by atoms with Gasteiger partial charge in [-0.1, -0.05) is 0 Å². The van der Waals surface area contributed by atoms with E-state index in [1.807, 2.05) is 0 Å². The summed E-state index contributed by atoms with van der Waals surface area (Å²) < 4.78 is 6.60. The molecule has 1 fully saturated rings. The number of carbonyl (C=O) groups is 2. The van der Waals surface area contributed by atoms with Crippen molar-refractivity contribution in [1.82, 2.24) is 14.5 Å². The van der Waals surface area contributed by atoms with E-state index in [9.17, 15) is 9.59 Å². The van der Waals surface area contributed by atoms with Crippen LogP contribution in [0.3, 0.4) is 0 Å². The highest BCUT2D eigenvalue weighted by atomic mass is 35.5. The Morgan fingerprint density at radius 1 is 1.45 bits per heavy atom. The summed E-state index contributed by atoms with van der Waals surface area (Å²) in [5.74, 6) is -0.250. The second kappa shape index (κ2) is 6.74. The van der Waals surface area contributed by atoms with Gasteiger partial charge in [-0.15, -0.1) is 0 Å². The van der Waals surface area contributed by atoms with Crippen LogP contribution in [0.15, 0.2) is 12.4 Å². The van der Waals surface area contributed by atoms with Gasteiger partial charge in [0.25, 0.3) is 0 Å². The van der Waals surface area contributed by atoms with Crippen molar-refractivity contribution in [3.8, 4) is 0 Å². The van der Waals surface area contributed by atoms with Crippen LogP contribution in [0, 0.1) is 5.92 Å². The summed E-state index contributed by atoms with van der Waals surface area (Å²) in [5, 5.41) is 0.305. The third-order valence-corrected chi connectivity index (χ3v) is 3.75.